The van der Waals surface area contributed by atoms with E-state index in [-0.39, 0.29) is 24.4 Å². The van der Waals surface area contributed by atoms with E-state index in [1.807, 2.05) is 12.1 Å². The second-order valence-electron chi connectivity index (χ2n) is 5.08. The molecule has 0 heterocycles. The fourth-order valence-corrected chi connectivity index (χ4v) is 2.09. The molecule has 0 fully saturated rings. The summed E-state index contributed by atoms with van der Waals surface area (Å²) in [5.74, 6) is -0.932. The van der Waals surface area contributed by atoms with Crippen molar-refractivity contribution in [3.63, 3.8) is 0 Å². The molecule has 1 N–H and O–H groups in total. The molecule has 4 heteroatoms. The van der Waals surface area contributed by atoms with Gasteiger partial charge in [0.25, 0.3) is 0 Å². The molecule has 0 spiro atoms. The monoisotopic (exact) mass is 310 g/mol. The van der Waals surface area contributed by atoms with Crippen LogP contribution in [0.3, 0.4) is 0 Å². The minimum absolute atomic E-state index is 0.0270. The summed E-state index contributed by atoms with van der Waals surface area (Å²) in [6.45, 7) is 3.33. The molecule has 0 amide bonds. The van der Waals surface area contributed by atoms with E-state index >= 15 is 0 Å². The van der Waals surface area contributed by atoms with Crippen LogP contribution in [0.15, 0.2) is 73.0 Å². The molecule has 0 aliphatic heterocycles. The van der Waals surface area contributed by atoms with Gasteiger partial charge in [0, 0.05) is 17.5 Å². The zero-order valence-electron chi connectivity index (χ0n) is 12.6. The lowest BCUT2D eigenvalue weighted by Gasteiger charge is -2.17. The molecule has 0 aliphatic carbocycles. The number of hydrogen-bond donors (Lipinski definition) is 1. The number of ketones is 1. The van der Waals surface area contributed by atoms with Crippen molar-refractivity contribution in [2.45, 2.75) is 18.9 Å². The van der Waals surface area contributed by atoms with Crippen LogP contribution in [-0.2, 0) is 9.53 Å². The Bertz CT molecular complexity index is 677. The van der Waals surface area contributed by atoms with Crippen LogP contribution in [0.1, 0.15) is 34.9 Å². The molecule has 2 aromatic carbocycles. The normalized spacial score (nSPS) is 11.5. The summed E-state index contributed by atoms with van der Waals surface area (Å²) in [4.78, 5) is 24.6. The summed E-state index contributed by atoms with van der Waals surface area (Å²) >= 11 is 0. The van der Waals surface area contributed by atoms with Crippen molar-refractivity contribution in [2.24, 2.45) is 0 Å². The topological polar surface area (TPSA) is 63.6 Å². The van der Waals surface area contributed by atoms with Crippen molar-refractivity contribution in [3.8, 4) is 0 Å². The molecule has 0 aromatic heterocycles. The number of esters is 1. The lowest BCUT2D eigenvalue weighted by atomic mass is 10.00. The maximum absolute atomic E-state index is 12.7. The van der Waals surface area contributed by atoms with Gasteiger partial charge in [-0.1, -0.05) is 67.2 Å². The summed E-state index contributed by atoms with van der Waals surface area (Å²) in [6, 6.07) is 17.6. The Labute approximate surface area is 135 Å². The number of aliphatic hydroxyl groups excluding tert-OH is 1. The van der Waals surface area contributed by atoms with Crippen molar-refractivity contribution in [2.75, 3.05) is 0 Å². The molecule has 0 radical (unpaired) electrons. The molecule has 2 aromatic rings. The predicted molar refractivity (Wildman–Crippen MR) is 87.1 cm³/mol. The summed E-state index contributed by atoms with van der Waals surface area (Å²) in [5.41, 5.74) is 1.08. The van der Waals surface area contributed by atoms with Crippen molar-refractivity contribution >= 4 is 11.8 Å². The molecule has 2 rings (SSSR count). The van der Waals surface area contributed by atoms with Crippen molar-refractivity contribution < 1.29 is 19.4 Å². The zero-order chi connectivity index (χ0) is 16.7. The molecular weight excluding hydrogens is 292 g/mol. The van der Waals surface area contributed by atoms with Gasteiger partial charge in [0.1, 0.15) is 0 Å². The van der Waals surface area contributed by atoms with Gasteiger partial charge in [0.15, 0.2) is 6.10 Å². The number of allylic oxidation sites excluding steroid dienone is 1. The first-order chi connectivity index (χ1) is 11.1. The Hall–Kier alpha value is -2.88. The number of hydrogen-bond acceptors (Lipinski definition) is 4. The molecule has 1 atom stereocenters. The second kappa shape index (κ2) is 7.94. The molecular formula is C19H18O4. The van der Waals surface area contributed by atoms with E-state index in [2.05, 4.69) is 6.58 Å². The predicted octanol–water partition coefficient (Wildman–Crippen LogP) is 4.01. The molecule has 4 nitrogen and oxygen atoms in total. The highest BCUT2D eigenvalue weighted by Crippen LogP contribution is 2.23. The minimum atomic E-state index is -1.00. The molecule has 0 bridgehead atoms. The Morgan fingerprint density at radius 1 is 0.957 bits per heavy atom. The first-order valence-electron chi connectivity index (χ1n) is 7.28. The standard InChI is InChI=1S/C19H18O4/c1-14(20)12-13-17(21)23-19(16-10-6-3-7-11-16)18(22)15-8-4-2-5-9-15/h2-11,19-20H,1,12-13H2. The largest absolute Gasteiger partial charge is 0.513 e. The number of aliphatic hydroxyl groups is 1. The van der Waals surface area contributed by atoms with Gasteiger partial charge in [0.05, 0.1) is 12.2 Å². The van der Waals surface area contributed by atoms with Crippen LogP contribution >= 0.6 is 0 Å². The highest BCUT2D eigenvalue weighted by molar-refractivity contribution is 6.00. The highest BCUT2D eigenvalue weighted by atomic mass is 16.5. The van der Waals surface area contributed by atoms with E-state index in [0.717, 1.165) is 0 Å². The van der Waals surface area contributed by atoms with Gasteiger partial charge >= 0.3 is 5.97 Å². The van der Waals surface area contributed by atoms with Crippen LogP contribution in [0.2, 0.25) is 0 Å². The Kier molecular flexibility index (Phi) is 5.69. The average Bonchev–Trinajstić information content (AvgIpc) is 2.59. The van der Waals surface area contributed by atoms with Crippen molar-refractivity contribution in [1.82, 2.24) is 0 Å². The van der Waals surface area contributed by atoms with Gasteiger partial charge in [0.2, 0.25) is 5.78 Å². The van der Waals surface area contributed by atoms with Gasteiger partial charge in [-0.3, -0.25) is 9.59 Å². The van der Waals surface area contributed by atoms with Gasteiger partial charge in [-0.05, 0) is 0 Å². The maximum atomic E-state index is 12.7. The summed E-state index contributed by atoms with van der Waals surface area (Å²) < 4.78 is 5.36. The lowest BCUT2D eigenvalue weighted by Crippen LogP contribution is -2.20. The van der Waals surface area contributed by atoms with Crippen molar-refractivity contribution in [3.05, 3.63) is 84.1 Å². The second-order valence-corrected chi connectivity index (χ2v) is 5.08. The van der Waals surface area contributed by atoms with E-state index in [4.69, 9.17) is 9.84 Å². The first kappa shape index (κ1) is 16.5. The van der Waals surface area contributed by atoms with Crippen molar-refractivity contribution in [1.29, 1.82) is 0 Å². The van der Waals surface area contributed by atoms with Gasteiger partial charge in [-0.25, -0.2) is 0 Å². The van der Waals surface area contributed by atoms with Gasteiger partial charge in [-0.15, -0.1) is 0 Å². The first-order valence-corrected chi connectivity index (χ1v) is 7.28. The Morgan fingerprint density at radius 2 is 1.52 bits per heavy atom. The molecule has 1 unspecified atom stereocenters. The highest BCUT2D eigenvalue weighted by Gasteiger charge is 2.25. The number of rotatable bonds is 7. The maximum Gasteiger partial charge on any atom is 0.307 e. The van der Waals surface area contributed by atoms with Crippen LogP contribution in [0.25, 0.3) is 0 Å². The SMILES string of the molecule is C=C(O)CCC(=O)OC(C(=O)c1ccccc1)c1ccccc1. The van der Waals surface area contributed by atoms with E-state index in [1.165, 1.54) is 0 Å². The smallest absolute Gasteiger partial charge is 0.307 e. The minimum Gasteiger partial charge on any atom is -0.513 e. The fraction of sp³-hybridized carbons (Fsp3) is 0.158. The van der Waals surface area contributed by atoms with E-state index in [9.17, 15) is 9.59 Å². The van der Waals surface area contributed by atoms with Crippen LogP contribution < -0.4 is 0 Å². The zero-order valence-corrected chi connectivity index (χ0v) is 12.6. The number of carbonyl (C=O) groups excluding carboxylic acids is 2. The molecule has 0 saturated heterocycles. The molecule has 0 aliphatic rings. The summed E-state index contributed by atoms with van der Waals surface area (Å²) in [5, 5.41) is 9.07. The lowest BCUT2D eigenvalue weighted by molar-refractivity contribution is -0.147. The Balaban J connectivity index is 2.21. The molecule has 23 heavy (non-hydrogen) atoms. The summed E-state index contributed by atoms with van der Waals surface area (Å²) in [7, 11) is 0. The van der Waals surface area contributed by atoms with E-state index in [1.54, 1.807) is 48.5 Å². The third-order valence-electron chi connectivity index (χ3n) is 3.27. The number of Topliss-reactive ketones (excluding diaryl/α,β-unsaturated/α-hetero) is 1. The summed E-state index contributed by atoms with van der Waals surface area (Å²) in [6.07, 6.45) is -0.918. The van der Waals surface area contributed by atoms with Gasteiger partial charge < -0.3 is 9.84 Å². The van der Waals surface area contributed by atoms with Crippen LogP contribution in [0, 0.1) is 0 Å². The molecule has 0 saturated carbocycles. The van der Waals surface area contributed by atoms with Gasteiger partial charge in [-0.2, -0.15) is 0 Å². The molecule has 118 valence electrons. The quantitative estimate of drug-likeness (QED) is 0.477. The number of benzene rings is 2. The fourth-order valence-electron chi connectivity index (χ4n) is 2.09. The number of ether oxygens (including phenoxy) is 1. The van der Waals surface area contributed by atoms with Crippen LogP contribution in [0.4, 0.5) is 0 Å². The van der Waals surface area contributed by atoms with Crippen LogP contribution in [-0.4, -0.2) is 16.9 Å². The third-order valence-corrected chi connectivity index (χ3v) is 3.27. The third kappa shape index (κ3) is 4.81. The number of carbonyl (C=O) groups is 2. The van der Waals surface area contributed by atoms with Crippen LogP contribution in [0.5, 0.6) is 0 Å². The Morgan fingerprint density at radius 3 is 2.09 bits per heavy atom. The van der Waals surface area contributed by atoms with E-state index in [0.29, 0.717) is 11.1 Å². The average molecular weight is 310 g/mol. The van der Waals surface area contributed by atoms with E-state index < -0.39 is 12.1 Å².